The summed E-state index contributed by atoms with van der Waals surface area (Å²) in [5, 5.41) is 15.6. The lowest BCUT2D eigenvalue weighted by Crippen LogP contribution is -2.47. The summed E-state index contributed by atoms with van der Waals surface area (Å²) in [5.74, 6) is -0.732. The Kier molecular flexibility index (Phi) is 8.22. The number of fused-ring (bicyclic) bond motifs is 1. The molecule has 2 aliphatic rings. The summed E-state index contributed by atoms with van der Waals surface area (Å²) in [7, 11) is 0. The highest BCUT2D eigenvalue weighted by atomic mass is 16.5. The smallest absolute Gasteiger partial charge is 0.328 e. The molecule has 2 aromatic rings. The molecule has 1 saturated heterocycles. The Morgan fingerprint density at radius 3 is 2.14 bits per heavy atom. The van der Waals surface area contributed by atoms with Gasteiger partial charge in [0, 0.05) is 36.4 Å². The molecule has 0 aliphatic carbocycles. The number of carbonyl (C=O) groups is 2. The number of anilines is 1. The normalized spacial score (nSPS) is 20.1. The number of aliphatic carboxylic acids is 2. The molecule has 7 heteroatoms. The maximum absolute atomic E-state index is 9.55. The van der Waals surface area contributed by atoms with Gasteiger partial charge < -0.3 is 20.7 Å². The number of hydrogen-bond donors (Lipinski definition) is 3. The van der Waals surface area contributed by atoms with Crippen LogP contribution >= 0.6 is 0 Å². The van der Waals surface area contributed by atoms with E-state index >= 15 is 0 Å². The van der Waals surface area contributed by atoms with E-state index in [1.807, 2.05) is 0 Å². The summed E-state index contributed by atoms with van der Waals surface area (Å²) >= 11 is 0. The average Bonchev–Trinajstić information content (AvgIpc) is 3.19. The lowest BCUT2D eigenvalue weighted by molar-refractivity contribution is -0.134. The molecular formula is C28H36N2O5. The Labute approximate surface area is 207 Å². The third-order valence-electron chi connectivity index (χ3n) is 7.12. The van der Waals surface area contributed by atoms with E-state index in [1.54, 1.807) is 0 Å². The summed E-state index contributed by atoms with van der Waals surface area (Å²) in [6.07, 6.45) is 4.54. The van der Waals surface area contributed by atoms with Crippen LogP contribution in [0.1, 0.15) is 53.5 Å². The fourth-order valence-corrected chi connectivity index (χ4v) is 5.07. The van der Waals surface area contributed by atoms with Crippen LogP contribution in [0.3, 0.4) is 0 Å². The van der Waals surface area contributed by atoms with E-state index in [9.17, 15) is 9.59 Å². The monoisotopic (exact) mass is 480 g/mol. The van der Waals surface area contributed by atoms with E-state index in [-0.39, 0.29) is 5.60 Å². The second-order valence-corrected chi connectivity index (χ2v) is 9.80. The van der Waals surface area contributed by atoms with Crippen molar-refractivity contribution in [3.63, 3.8) is 0 Å². The van der Waals surface area contributed by atoms with E-state index < -0.39 is 11.9 Å². The van der Waals surface area contributed by atoms with Crippen LogP contribution in [0.4, 0.5) is 5.69 Å². The van der Waals surface area contributed by atoms with Gasteiger partial charge in [-0.15, -0.1) is 0 Å². The van der Waals surface area contributed by atoms with Gasteiger partial charge in [-0.25, -0.2) is 9.59 Å². The maximum Gasteiger partial charge on any atom is 0.328 e. The van der Waals surface area contributed by atoms with Gasteiger partial charge in [0.1, 0.15) is 11.4 Å². The summed E-state index contributed by atoms with van der Waals surface area (Å²) < 4.78 is 6.56. The third-order valence-corrected chi connectivity index (χ3v) is 7.12. The Hall–Kier alpha value is -3.32. The first kappa shape index (κ1) is 26.3. The van der Waals surface area contributed by atoms with Crippen molar-refractivity contribution in [2.75, 3.05) is 25.4 Å². The van der Waals surface area contributed by atoms with Gasteiger partial charge >= 0.3 is 11.9 Å². The SMILES string of the molecule is Cc1c(C)c2c(c(C)c1N)CC(C)(CN1CCC(c3ccccc3)CC1)O2.O=C(O)C=CC(=O)O. The minimum Gasteiger partial charge on any atom is -0.485 e. The quantitative estimate of drug-likeness (QED) is 0.427. The van der Waals surface area contributed by atoms with Crippen LogP contribution in [0, 0.1) is 20.8 Å². The molecule has 2 heterocycles. The second kappa shape index (κ2) is 11.0. The number of piperidine rings is 1. The van der Waals surface area contributed by atoms with E-state index in [4.69, 9.17) is 20.7 Å². The Bertz CT molecular complexity index is 1050. The molecule has 1 unspecified atom stereocenters. The average molecular weight is 481 g/mol. The first-order valence-electron chi connectivity index (χ1n) is 12.0. The van der Waals surface area contributed by atoms with Gasteiger partial charge in [0.25, 0.3) is 0 Å². The van der Waals surface area contributed by atoms with E-state index in [2.05, 4.69) is 62.9 Å². The van der Waals surface area contributed by atoms with Crippen molar-refractivity contribution in [2.24, 2.45) is 0 Å². The molecule has 4 N–H and O–H groups in total. The lowest BCUT2D eigenvalue weighted by atomic mass is 9.88. The molecule has 35 heavy (non-hydrogen) atoms. The molecule has 2 aromatic carbocycles. The molecule has 1 fully saturated rings. The molecule has 188 valence electrons. The third kappa shape index (κ3) is 6.42. The Morgan fingerprint density at radius 1 is 1.03 bits per heavy atom. The molecule has 4 rings (SSSR count). The number of ether oxygens (including phenoxy) is 1. The number of nitrogens with two attached hydrogens (primary N) is 1. The van der Waals surface area contributed by atoms with Crippen molar-refractivity contribution in [3.8, 4) is 5.75 Å². The standard InChI is InChI=1S/C24H32N2O.C4H4O4/c1-16-17(2)23-21(18(3)22(16)25)14-24(4,27-23)15-26-12-10-20(11-13-26)19-8-6-5-7-9-19;5-3(6)1-2-4(7)8/h5-9,20H,10-15,25H2,1-4H3;1-2H,(H,5,6)(H,7,8). The van der Waals surface area contributed by atoms with Crippen LogP contribution < -0.4 is 10.5 Å². The number of benzene rings is 2. The van der Waals surface area contributed by atoms with E-state index in [0.717, 1.165) is 37.5 Å². The van der Waals surface area contributed by atoms with E-state index in [1.165, 1.54) is 40.7 Å². The topological polar surface area (TPSA) is 113 Å². The van der Waals surface area contributed by atoms with Gasteiger partial charge in [-0.1, -0.05) is 30.3 Å². The van der Waals surface area contributed by atoms with Crippen molar-refractivity contribution < 1.29 is 24.5 Å². The number of nitrogens with zero attached hydrogens (tertiary/aromatic N) is 1. The van der Waals surface area contributed by atoms with Gasteiger partial charge in [0.15, 0.2) is 0 Å². The zero-order chi connectivity index (χ0) is 25.8. The predicted molar refractivity (Wildman–Crippen MR) is 137 cm³/mol. The highest BCUT2D eigenvalue weighted by molar-refractivity contribution is 5.89. The number of hydrogen-bond acceptors (Lipinski definition) is 5. The summed E-state index contributed by atoms with van der Waals surface area (Å²) in [6, 6.07) is 11.0. The minimum absolute atomic E-state index is 0.155. The number of rotatable bonds is 5. The van der Waals surface area contributed by atoms with Crippen molar-refractivity contribution in [1.29, 1.82) is 0 Å². The van der Waals surface area contributed by atoms with Gasteiger partial charge in [-0.05, 0) is 81.8 Å². The molecule has 1 atom stereocenters. The molecule has 0 radical (unpaired) electrons. The zero-order valence-electron chi connectivity index (χ0n) is 21.0. The van der Waals surface area contributed by atoms with Gasteiger partial charge in [0.05, 0.1) is 0 Å². The maximum atomic E-state index is 9.55. The van der Waals surface area contributed by atoms with Gasteiger partial charge in [-0.2, -0.15) is 0 Å². The number of carboxylic acids is 2. The number of nitrogen functional groups attached to an aromatic ring is 1. The Morgan fingerprint density at radius 2 is 1.60 bits per heavy atom. The van der Waals surface area contributed by atoms with Crippen molar-refractivity contribution in [1.82, 2.24) is 4.90 Å². The van der Waals surface area contributed by atoms with Gasteiger partial charge in [0.2, 0.25) is 0 Å². The number of likely N-dealkylation sites (tertiary alicyclic amines) is 1. The molecule has 7 nitrogen and oxygen atoms in total. The van der Waals surface area contributed by atoms with Crippen LogP contribution in [0.25, 0.3) is 0 Å². The second-order valence-electron chi connectivity index (χ2n) is 9.80. The molecule has 0 bridgehead atoms. The zero-order valence-corrected chi connectivity index (χ0v) is 21.0. The van der Waals surface area contributed by atoms with Crippen molar-refractivity contribution in [3.05, 3.63) is 70.3 Å². The highest BCUT2D eigenvalue weighted by Gasteiger charge is 2.39. The lowest BCUT2D eigenvalue weighted by Gasteiger charge is -2.37. The van der Waals surface area contributed by atoms with Crippen LogP contribution in [-0.4, -0.2) is 52.3 Å². The summed E-state index contributed by atoms with van der Waals surface area (Å²) in [6.45, 7) is 11.9. The minimum atomic E-state index is -1.26. The van der Waals surface area contributed by atoms with Crippen molar-refractivity contribution >= 4 is 17.6 Å². The molecule has 0 spiro atoms. The predicted octanol–water partition coefficient (Wildman–Crippen LogP) is 4.48. The van der Waals surface area contributed by atoms with Gasteiger partial charge in [-0.3, -0.25) is 4.90 Å². The molecule has 0 saturated carbocycles. The van der Waals surface area contributed by atoms with Crippen LogP contribution in [0.15, 0.2) is 42.5 Å². The number of carboxylic acid groups (broad SMARTS) is 2. The summed E-state index contributed by atoms with van der Waals surface area (Å²) in [5.41, 5.74) is 13.5. The fraction of sp³-hybridized carbons (Fsp3) is 0.429. The van der Waals surface area contributed by atoms with Crippen LogP contribution in [-0.2, 0) is 16.0 Å². The first-order chi connectivity index (χ1) is 16.5. The van der Waals surface area contributed by atoms with Crippen LogP contribution in [0.2, 0.25) is 0 Å². The fourth-order valence-electron chi connectivity index (χ4n) is 5.07. The highest BCUT2D eigenvalue weighted by Crippen LogP contribution is 2.44. The largest absolute Gasteiger partial charge is 0.485 e. The molecular weight excluding hydrogens is 444 g/mol. The first-order valence-corrected chi connectivity index (χ1v) is 12.0. The van der Waals surface area contributed by atoms with Crippen molar-refractivity contribution in [2.45, 2.75) is 58.5 Å². The Balaban J connectivity index is 0.000000371. The molecule has 0 amide bonds. The summed E-state index contributed by atoms with van der Waals surface area (Å²) in [4.78, 5) is 21.7. The van der Waals surface area contributed by atoms with Crippen LogP contribution in [0.5, 0.6) is 5.75 Å². The molecule has 0 aromatic heterocycles. The molecule has 2 aliphatic heterocycles. The van der Waals surface area contributed by atoms with E-state index in [0.29, 0.717) is 18.1 Å².